The molecule has 3 N–H and O–H groups in total. The van der Waals surface area contributed by atoms with E-state index in [1.54, 1.807) is 0 Å². The summed E-state index contributed by atoms with van der Waals surface area (Å²) in [6.07, 6.45) is 1.71. The van der Waals surface area contributed by atoms with Crippen molar-refractivity contribution < 1.29 is 39.1 Å². The molecular weight excluding hydrogens is 480 g/mol. The Morgan fingerprint density at radius 1 is 1.00 bits per heavy atom. The summed E-state index contributed by atoms with van der Waals surface area (Å²) in [5, 5.41) is 38.5. The molecule has 0 bridgehead atoms. The number of aliphatic hydroxyl groups excluding tert-OH is 3. The Labute approximate surface area is 201 Å². The van der Waals surface area contributed by atoms with Crippen molar-refractivity contribution in [1.29, 1.82) is 0 Å². The fraction of sp³-hybridized carbons (Fsp3) is 0.350. The highest BCUT2D eigenvalue weighted by molar-refractivity contribution is 5.89. The fourth-order valence-electron chi connectivity index (χ4n) is 3.77. The van der Waals surface area contributed by atoms with Crippen molar-refractivity contribution in [3.05, 3.63) is 42.2 Å². The van der Waals surface area contributed by atoms with Gasteiger partial charge in [0.05, 0.1) is 50.7 Å². The number of carbonyl (C=O) groups excluding carboxylic acids is 2. The van der Waals surface area contributed by atoms with E-state index < -0.39 is 43.1 Å². The van der Waals surface area contributed by atoms with Gasteiger partial charge in [-0.15, -0.1) is 0 Å². The highest BCUT2D eigenvalue weighted by Crippen LogP contribution is 2.32. The van der Waals surface area contributed by atoms with Crippen LogP contribution in [0.15, 0.2) is 31.1 Å². The van der Waals surface area contributed by atoms with Gasteiger partial charge in [0.25, 0.3) is 5.95 Å². The van der Waals surface area contributed by atoms with Crippen molar-refractivity contribution in [1.82, 2.24) is 39.1 Å². The van der Waals surface area contributed by atoms with Crippen LogP contribution in [0.3, 0.4) is 0 Å². The zero-order valence-corrected chi connectivity index (χ0v) is 18.9. The molecule has 5 rings (SSSR count). The van der Waals surface area contributed by atoms with E-state index in [2.05, 4.69) is 25.1 Å². The number of hydrogen-bond acceptors (Lipinski definition) is 13. The van der Waals surface area contributed by atoms with Gasteiger partial charge in [-0.2, -0.15) is 20.2 Å². The molecule has 0 saturated carbocycles. The number of nitrogens with zero attached hydrogens (tertiary/aromatic N) is 8. The summed E-state index contributed by atoms with van der Waals surface area (Å²) in [5.41, 5.74) is 0.652. The Balaban J connectivity index is 1.68. The van der Waals surface area contributed by atoms with E-state index in [-0.39, 0.29) is 34.1 Å². The number of imidazole rings is 1. The molecule has 16 nitrogen and oxygen atoms in total. The highest BCUT2D eigenvalue weighted by atomic mass is 16.6. The normalized spacial score (nSPS) is 21.7. The van der Waals surface area contributed by atoms with Crippen LogP contribution in [0.1, 0.15) is 26.9 Å². The number of methoxy groups -OCH3 is 2. The van der Waals surface area contributed by atoms with E-state index >= 15 is 0 Å². The van der Waals surface area contributed by atoms with Gasteiger partial charge in [0.1, 0.15) is 18.3 Å². The molecule has 36 heavy (non-hydrogen) atoms. The number of esters is 2. The second kappa shape index (κ2) is 9.08. The molecule has 0 unspecified atom stereocenters. The molecule has 0 amide bonds. The van der Waals surface area contributed by atoms with Gasteiger partial charge in [0, 0.05) is 12.4 Å². The molecule has 188 valence electrons. The number of hydrogen-bond donors (Lipinski definition) is 3. The van der Waals surface area contributed by atoms with Gasteiger partial charge in [-0.1, -0.05) is 0 Å². The van der Waals surface area contributed by atoms with Crippen molar-refractivity contribution in [2.24, 2.45) is 0 Å². The van der Waals surface area contributed by atoms with E-state index in [0.717, 1.165) is 0 Å². The molecule has 1 aliphatic heterocycles. The molecule has 4 aromatic heterocycles. The van der Waals surface area contributed by atoms with E-state index in [1.165, 1.54) is 59.3 Å². The van der Waals surface area contributed by atoms with Gasteiger partial charge in [0.15, 0.2) is 23.2 Å². The van der Waals surface area contributed by atoms with E-state index in [1.807, 2.05) is 0 Å². The molecule has 16 heteroatoms. The second-order valence-corrected chi connectivity index (χ2v) is 7.73. The maximum absolute atomic E-state index is 11.9. The van der Waals surface area contributed by atoms with Crippen LogP contribution in [0.5, 0.6) is 0 Å². The molecule has 1 fully saturated rings. The number of rotatable bonds is 6. The van der Waals surface area contributed by atoms with Crippen LogP contribution >= 0.6 is 0 Å². The lowest BCUT2D eigenvalue weighted by Gasteiger charge is -2.17. The molecule has 4 atom stereocenters. The topological polar surface area (TPSA) is 202 Å². The lowest BCUT2D eigenvalue weighted by atomic mass is 10.1. The maximum Gasteiger partial charge on any atom is 0.341 e. The minimum atomic E-state index is -1.40. The van der Waals surface area contributed by atoms with Gasteiger partial charge in [-0.25, -0.2) is 23.9 Å². The largest absolute Gasteiger partial charge is 0.465 e. The minimum Gasteiger partial charge on any atom is -0.465 e. The first-order valence-electron chi connectivity index (χ1n) is 10.5. The molecule has 0 aromatic carbocycles. The van der Waals surface area contributed by atoms with E-state index in [9.17, 15) is 24.9 Å². The highest BCUT2D eigenvalue weighted by Gasteiger charge is 2.44. The summed E-state index contributed by atoms with van der Waals surface area (Å²) >= 11 is 0. The molecule has 0 aliphatic carbocycles. The molecular formula is C20H20N8O8. The maximum atomic E-state index is 11.9. The van der Waals surface area contributed by atoms with Crippen molar-refractivity contribution in [3.63, 3.8) is 0 Å². The summed E-state index contributed by atoms with van der Waals surface area (Å²) in [5.74, 6) is -1.12. The van der Waals surface area contributed by atoms with Crippen molar-refractivity contribution in [2.75, 3.05) is 20.8 Å². The molecule has 1 aliphatic rings. The Morgan fingerprint density at radius 3 is 2.25 bits per heavy atom. The number of fused-ring (bicyclic) bond motifs is 1. The first-order chi connectivity index (χ1) is 17.4. The summed E-state index contributed by atoms with van der Waals surface area (Å²) in [6.45, 7) is -0.514. The number of aromatic nitrogens is 8. The number of aliphatic hydroxyl groups is 3. The predicted octanol–water partition coefficient (Wildman–Crippen LogP) is -1.62. The summed E-state index contributed by atoms with van der Waals surface area (Å²) in [6, 6.07) is 0. The molecule has 1 saturated heterocycles. The first-order valence-corrected chi connectivity index (χ1v) is 10.5. The number of carbonyl (C=O) groups is 2. The summed E-state index contributed by atoms with van der Waals surface area (Å²) < 4.78 is 18.9. The third-order valence-electron chi connectivity index (χ3n) is 5.61. The SMILES string of the molecule is COC(=O)c1cnn(-c2nc(-n3cc(C(=O)OC)cn3)c3ncn([C@@H]4O[C@H](CO)[C@@H](O)[C@H]4O)c3n2)c1. The van der Waals surface area contributed by atoms with Crippen molar-refractivity contribution in [2.45, 2.75) is 24.5 Å². The third kappa shape index (κ3) is 3.77. The first kappa shape index (κ1) is 23.5. The van der Waals surface area contributed by atoms with Crippen LogP contribution in [-0.2, 0) is 14.2 Å². The third-order valence-corrected chi connectivity index (χ3v) is 5.61. The minimum absolute atomic E-state index is 0.0173. The average molecular weight is 500 g/mol. The average Bonchev–Trinajstić information content (AvgIpc) is 3.69. The van der Waals surface area contributed by atoms with Gasteiger partial charge < -0.3 is 29.5 Å². The molecule has 5 heterocycles. The van der Waals surface area contributed by atoms with Crippen molar-refractivity contribution in [3.8, 4) is 11.8 Å². The van der Waals surface area contributed by atoms with Crippen LogP contribution in [0.25, 0.3) is 22.9 Å². The summed E-state index contributed by atoms with van der Waals surface area (Å²) in [7, 11) is 2.47. The van der Waals surface area contributed by atoms with Gasteiger partial charge in [0.2, 0.25) is 0 Å². The Kier molecular flexibility index (Phi) is 5.92. The van der Waals surface area contributed by atoms with E-state index in [0.29, 0.717) is 0 Å². The Morgan fingerprint density at radius 2 is 1.64 bits per heavy atom. The Hall–Kier alpha value is -4.25. The quantitative estimate of drug-likeness (QED) is 0.255. The van der Waals surface area contributed by atoms with Crippen molar-refractivity contribution >= 4 is 23.1 Å². The van der Waals surface area contributed by atoms with Crippen LogP contribution in [-0.4, -0.2) is 105 Å². The zero-order valence-electron chi connectivity index (χ0n) is 18.9. The lowest BCUT2D eigenvalue weighted by Crippen LogP contribution is -2.33. The molecule has 0 radical (unpaired) electrons. The van der Waals surface area contributed by atoms with E-state index in [4.69, 9.17) is 14.2 Å². The zero-order chi connectivity index (χ0) is 25.6. The van der Waals surface area contributed by atoms with Gasteiger partial charge >= 0.3 is 11.9 Å². The standard InChI is InChI=1S/C20H20N8O8/c1-34-18(32)9-3-22-27(5-9)16-12-15(24-20(25-16)28-6-10(4-23-28)19(33)35-2)26(8-21-12)17-14(31)13(30)11(7-29)36-17/h3-6,8,11,13-14,17,29-31H,7H2,1-2H3/t11-,13-,14-,17-/m1/s1. The lowest BCUT2D eigenvalue weighted by molar-refractivity contribution is -0.0511. The van der Waals surface area contributed by atoms with Crippen LogP contribution in [0.4, 0.5) is 0 Å². The molecule has 4 aromatic rings. The van der Waals surface area contributed by atoms with Crippen LogP contribution in [0.2, 0.25) is 0 Å². The molecule has 0 spiro atoms. The van der Waals surface area contributed by atoms with Gasteiger partial charge in [-0.3, -0.25) is 4.57 Å². The number of ether oxygens (including phenoxy) is 3. The van der Waals surface area contributed by atoms with Crippen LogP contribution < -0.4 is 0 Å². The Bertz CT molecular complexity index is 1440. The monoisotopic (exact) mass is 500 g/mol. The smallest absolute Gasteiger partial charge is 0.341 e. The summed E-state index contributed by atoms with van der Waals surface area (Å²) in [4.78, 5) is 37.1. The predicted molar refractivity (Wildman–Crippen MR) is 115 cm³/mol. The van der Waals surface area contributed by atoms with Gasteiger partial charge in [-0.05, 0) is 0 Å². The fourth-order valence-corrected chi connectivity index (χ4v) is 3.77. The second-order valence-electron chi connectivity index (χ2n) is 7.73. The van der Waals surface area contributed by atoms with Crippen LogP contribution in [0, 0.1) is 0 Å².